The second-order valence-electron chi connectivity index (χ2n) is 7.05. The molecule has 1 amide bonds. The third-order valence-electron chi connectivity index (χ3n) is 4.99. The highest BCUT2D eigenvalue weighted by molar-refractivity contribution is 7.18. The van der Waals surface area contributed by atoms with Gasteiger partial charge in [0.15, 0.2) is 0 Å². The van der Waals surface area contributed by atoms with Crippen LogP contribution in [0.2, 0.25) is 0 Å². The minimum atomic E-state index is -0.0744. The van der Waals surface area contributed by atoms with E-state index in [0.29, 0.717) is 12.2 Å². The van der Waals surface area contributed by atoms with Crippen LogP contribution in [0.4, 0.5) is 5.69 Å². The second kappa shape index (κ2) is 7.64. The van der Waals surface area contributed by atoms with Gasteiger partial charge in [-0.15, -0.1) is 11.3 Å². The summed E-state index contributed by atoms with van der Waals surface area (Å²) in [5, 5.41) is 3.67. The van der Waals surface area contributed by atoms with Crippen LogP contribution in [0.1, 0.15) is 48.0 Å². The number of aryl methyl sites for hydroxylation is 4. The molecule has 1 aliphatic carbocycles. The number of rotatable bonds is 6. The van der Waals surface area contributed by atoms with E-state index in [9.17, 15) is 9.59 Å². The molecular weight excluding hydrogens is 358 g/mol. The lowest BCUT2D eigenvalue weighted by atomic mass is 10.1. The third kappa shape index (κ3) is 3.81. The van der Waals surface area contributed by atoms with Gasteiger partial charge in [-0.25, -0.2) is 4.98 Å². The van der Waals surface area contributed by atoms with Crippen molar-refractivity contribution < 1.29 is 4.79 Å². The Balaban J connectivity index is 1.41. The quantitative estimate of drug-likeness (QED) is 0.678. The number of amides is 1. The summed E-state index contributed by atoms with van der Waals surface area (Å²) in [6.07, 6.45) is 6.00. The van der Waals surface area contributed by atoms with Crippen LogP contribution in [0.25, 0.3) is 10.2 Å². The smallest absolute Gasteiger partial charge is 0.259 e. The van der Waals surface area contributed by atoms with E-state index in [1.807, 2.05) is 24.3 Å². The van der Waals surface area contributed by atoms with Crippen LogP contribution in [0, 0.1) is 0 Å². The van der Waals surface area contributed by atoms with Crippen LogP contribution < -0.4 is 10.9 Å². The molecule has 0 atom stereocenters. The normalized spacial score (nSPS) is 13.1. The average Bonchev–Trinajstić information content (AvgIpc) is 3.22. The van der Waals surface area contributed by atoms with Crippen LogP contribution in [0.15, 0.2) is 29.1 Å². The van der Waals surface area contributed by atoms with Gasteiger partial charge in [0, 0.05) is 23.4 Å². The number of hydrogen-bond acceptors (Lipinski definition) is 4. The molecule has 0 unspecified atom stereocenters. The first-order valence-corrected chi connectivity index (χ1v) is 10.4. The van der Waals surface area contributed by atoms with Crippen molar-refractivity contribution in [1.29, 1.82) is 0 Å². The fourth-order valence-corrected chi connectivity index (χ4v) is 4.95. The fraction of sp³-hybridized carbons (Fsp3) is 0.381. The topological polar surface area (TPSA) is 74.8 Å². The molecule has 2 N–H and O–H groups in total. The molecule has 0 fully saturated rings. The average molecular weight is 382 g/mol. The number of anilines is 1. The lowest BCUT2D eigenvalue weighted by molar-refractivity contribution is -0.116. The zero-order valence-corrected chi connectivity index (χ0v) is 16.2. The van der Waals surface area contributed by atoms with Crippen molar-refractivity contribution in [3.8, 4) is 0 Å². The van der Waals surface area contributed by atoms with Gasteiger partial charge >= 0.3 is 0 Å². The zero-order valence-electron chi connectivity index (χ0n) is 15.4. The summed E-state index contributed by atoms with van der Waals surface area (Å²) < 4.78 is 0. The van der Waals surface area contributed by atoms with Crippen molar-refractivity contribution in [3.63, 3.8) is 0 Å². The van der Waals surface area contributed by atoms with Crippen molar-refractivity contribution in [2.24, 2.45) is 0 Å². The Kier molecular flexibility index (Phi) is 5.07. The van der Waals surface area contributed by atoms with Gasteiger partial charge in [-0.2, -0.15) is 0 Å². The highest BCUT2D eigenvalue weighted by Gasteiger charge is 2.21. The molecular formula is C21H23N3O2S. The molecule has 4 rings (SSSR count). The minimum absolute atomic E-state index is 0.0682. The summed E-state index contributed by atoms with van der Waals surface area (Å²) in [6, 6.07) is 7.95. The molecule has 0 spiro atoms. The number of aromatic nitrogens is 2. The van der Waals surface area contributed by atoms with Gasteiger partial charge in [-0.3, -0.25) is 9.59 Å². The van der Waals surface area contributed by atoms with E-state index < -0.39 is 0 Å². The number of hydrogen-bond donors (Lipinski definition) is 2. The van der Waals surface area contributed by atoms with Crippen LogP contribution in [-0.4, -0.2) is 15.9 Å². The lowest BCUT2D eigenvalue weighted by Crippen LogP contribution is -2.16. The molecule has 0 saturated carbocycles. The first-order valence-electron chi connectivity index (χ1n) is 9.56. The monoisotopic (exact) mass is 381 g/mol. The standard InChI is InChI=1S/C21H23N3O2S/c1-2-4-13-7-9-14(10-8-13)22-18(25)12-11-17-23-20(26)19-15-5-3-6-16(15)27-21(19)24-17/h7-10H,2-6,11-12H2,1H3,(H,22,25)(H,23,24,26). The molecule has 0 saturated heterocycles. The molecule has 2 heterocycles. The SMILES string of the molecule is CCCc1ccc(NC(=O)CCc2nc3sc4c(c3c(=O)[nH]2)CCC4)cc1. The summed E-state index contributed by atoms with van der Waals surface area (Å²) in [5.41, 5.74) is 3.18. The van der Waals surface area contributed by atoms with Gasteiger partial charge in [0.2, 0.25) is 5.91 Å². The number of fused-ring (bicyclic) bond motifs is 3. The summed E-state index contributed by atoms with van der Waals surface area (Å²) in [7, 11) is 0. The number of H-pyrrole nitrogens is 1. The molecule has 0 aliphatic heterocycles. The van der Waals surface area contributed by atoms with Crippen LogP contribution in [-0.2, 0) is 30.5 Å². The summed E-state index contributed by atoms with van der Waals surface area (Å²) in [6.45, 7) is 2.15. The Morgan fingerprint density at radius 1 is 1.22 bits per heavy atom. The first-order chi connectivity index (χ1) is 13.1. The van der Waals surface area contributed by atoms with Crippen molar-refractivity contribution in [2.75, 3.05) is 5.32 Å². The first kappa shape index (κ1) is 17.9. The molecule has 2 aromatic heterocycles. The largest absolute Gasteiger partial charge is 0.326 e. The predicted molar refractivity (Wildman–Crippen MR) is 110 cm³/mol. The van der Waals surface area contributed by atoms with E-state index >= 15 is 0 Å². The highest BCUT2D eigenvalue weighted by Crippen LogP contribution is 2.34. The Bertz CT molecular complexity index is 1030. The van der Waals surface area contributed by atoms with Gasteiger partial charge in [0.25, 0.3) is 5.56 Å². The number of benzene rings is 1. The Labute approximate surface area is 161 Å². The van der Waals surface area contributed by atoms with Crippen LogP contribution >= 0.6 is 11.3 Å². The minimum Gasteiger partial charge on any atom is -0.326 e. The maximum Gasteiger partial charge on any atom is 0.259 e. The molecule has 1 aliphatic rings. The number of carbonyl (C=O) groups is 1. The van der Waals surface area contributed by atoms with E-state index in [1.54, 1.807) is 11.3 Å². The molecule has 0 bridgehead atoms. The van der Waals surface area contributed by atoms with Crippen LogP contribution in [0.3, 0.4) is 0 Å². The molecule has 140 valence electrons. The van der Waals surface area contributed by atoms with E-state index in [4.69, 9.17) is 0 Å². The molecule has 0 radical (unpaired) electrons. The molecule has 6 heteroatoms. The van der Waals surface area contributed by atoms with Crippen molar-refractivity contribution in [2.45, 2.75) is 51.9 Å². The van der Waals surface area contributed by atoms with Gasteiger partial charge in [-0.05, 0) is 48.9 Å². The van der Waals surface area contributed by atoms with Crippen LogP contribution in [0.5, 0.6) is 0 Å². The number of carbonyl (C=O) groups excluding carboxylic acids is 1. The third-order valence-corrected chi connectivity index (χ3v) is 6.18. The van der Waals surface area contributed by atoms with E-state index in [0.717, 1.165) is 48.0 Å². The summed E-state index contributed by atoms with van der Waals surface area (Å²) in [4.78, 5) is 34.2. The maximum atomic E-state index is 12.5. The molecule has 3 aromatic rings. The number of aromatic amines is 1. The van der Waals surface area contributed by atoms with Crippen molar-refractivity contribution in [1.82, 2.24) is 9.97 Å². The molecule has 5 nitrogen and oxygen atoms in total. The Hall–Kier alpha value is -2.47. The molecule has 1 aromatic carbocycles. The van der Waals surface area contributed by atoms with Gasteiger partial charge in [0.1, 0.15) is 10.7 Å². The fourth-order valence-electron chi connectivity index (χ4n) is 3.66. The summed E-state index contributed by atoms with van der Waals surface area (Å²) >= 11 is 1.63. The van der Waals surface area contributed by atoms with Crippen molar-refractivity contribution >= 4 is 33.1 Å². The number of thiophene rings is 1. The van der Waals surface area contributed by atoms with E-state index in [2.05, 4.69) is 22.2 Å². The van der Waals surface area contributed by atoms with E-state index in [-0.39, 0.29) is 17.9 Å². The Morgan fingerprint density at radius 2 is 2.04 bits per heavy atom. The summed E-state index contributed by atoms with van der Waals surface area (Å²) in [5.74, 6) is 0.510. The Morgan fingerprint density at radius 3 is 2.81 bits per heavy atom. The van der Waals surface area contributed by atoms with Gasteiger partial charge in [-0.1, -0.05) is 25.5 Å². The predicted octanol–water partition coefficient (Wildman–Crippen LogP) is 4.00. The lowest BCUT2D eigenvalue weighted by Gasteiger charge is -2.06. The van der Waals surface area contributed by atoms with Gasteiger partial charge < -0.3 is 10.3 Å². The maximum absolute atomic E-state index is 12.5. The number of nitrogens with zero attached hydrogens (tertiary/aromatic N) is 1. The molecule has 27 heavy (non-hydrogen) atoms. The second-order valence-corrected chi connectivity index (χ2v) is 8.13. The highest BCUT2D eigenvalue weighted by atomic mass is 32.1. The van der Waals surface area contributed by atoms with E-state index in [1.165, 1.54) is 16.0 Å². The zero-order chi connectivity index (χ0) is 18.8. The van der Waals surface area contributed by atoms with Gasteiger partial charge in [0.05, 0.1) is 5.39 Å². The number of nitrogens with one attached hydrogen (secondary N) is 2. The van der Waals surface area contributed by atoms with Crippen molar-refractivity contribution in [3.05, 3.63) is 56.4 Å².